The van der Waals surface area contributed by atoms with Gasteiger partial charge in [-0.25, -0.2) is 8.42 Å². The topological polar surface area (TPSA) is 97.2 Å². The zero-order valence-electron chi connectivity index (χ0n) is 15.1. The second-order valence-electron chi connectivity index (χ2n) is 6.29. The van der Waals surface area contributed by atoms with E-state index in [1.54, 1.807) is 6.33 Å². The SMILES string of the molecule is CCn1cnnc1CCNC(=O)c1cc(S(=O)(=O)N2CCCC2)ccc1Cl. The summed E-state index contributed by atoms with van der Waals surface area (Å²) in [6, 6.07) is 4.24. The van der Waals surface area contributed by atoms with Crippen LogP contribution in [0.5, 0.6) is 0 Å². The van der Waals surface area contributed by atoms with Crippen LogP contribution >= 0.6 is 11.6 Å². The first kappa shape index (κ1) is 19.8. The maximum absolute atomic E-state index is 12.7. The number of rotatable bonds is 7. The van der Waals surface area contributed by atoms with Crippen LogP contribution in [0.15, 0.2) is 29.4 Å². The van der Waals surface area contributed by atoms with E-state index < -0.39 is 15.9 Å². The van der Waals surface area contributed by atoms with Gasteiger partial charge in [0, 0.05) is 32.6 Å². The number of benzene rings is 1. The third-order valence-electron chi connectivity index (χ3n) is 4.56. The number of aryl methyl sites for hydroxylation is 1. The van der Waals surface area contributed by atoms with E-state index >= 15 is 0 Å². The van der Waals surface area contributed by atoms with E-state index in [9.17, 15) is 13.2 Å². The highest BCUT2D eigenvalue weighted by molar-refractivity contribution is 7.89. The highest BCUT2D eigenvalue weighted by Crippen LogP contribution is 2.25. The first-order valence-electron chi connectivity index (χ1n) is 8.88. The molecule has 2 aromatic rings. The van der Waals surface area contributed by atoms with Crippen LogP contribution in [0, 0.1) is 0 Å². The summed E-state index contributed by atoms with van der Waals surface area (Å²) in [6.07, 6.45) is 3.86. The van der Waals surface area contributed by atoms with Crippen LogP contribution in [0.1, 0.15) is 35.9 Å². The van der Waals surface area contributed by atoms with Crippen LogP contribution in [0.3, 0.4) is 0 Å². The molecule has 10 heteroatoms. The van der Waals surface area contributed by atoms with Crippen molar-refractivity contribution in [2.45, 2.75) is 37.6 Å². The third-order valence-corrected chi connectivity index (χ3v) is 6.78. The fourth-order valence-electron chi connectivity index (χ4n) is 3.04. The van der Waals surface area contributed by atoms with Crippen molar-refractivity contribution in [3.63, 3.8) is 0 Å². The Labute approximate surface area is 163 Å². The molecule has 1 saturated heterocycles. The summed E-state index contributed by atoms with van der Waals surface area (Å²) in [7, 11) is -3.60. The number of hydrogen-bond donors (Lipinski definition) is 1. The largest absolute Gasteiger partial charge is 0.352 e. The number of amides is 1. The van der Waals surface area contributed by atoms with Gasteiger partial charge in [0.25, 0.3) is 5.91 Å². The molecular formula is C17H22ClN5O3S. The molecule has 3 rings (SSSR count). The van der Waals surface area contributed by atoms with Crippen molar-refractivity contribution in [1.29, 1.82) is 0 Å². The molecule has 0 bridgehead atoms. The second-order valence-corrected chi connectivity index (χ2v) is 8.64. The molecule has 1 aliphatic heterocycles. The summed E-state index contributed by atoms with van der Waals surface area (Å²) in [5.41, 5.74) is 0.147. The quantitative estimate of drug-likeness (QED) is 0.748. The van der Waals surface area contributed by atoms with E-state index in [-0.39, 0.29) is 15.5 Å². The van der Waals surface area contributed by atoms with Gasteiger partial charge in [0.2, 0.25) is 10.0 Å². The van der Waals surface area contributed by atoms with Gasteiger partial charge in [-0.05, 0) is 38.0 Å². The molecular weight excluding hydrogens is 390 g/mol. The molecule has 1 N–H and O–H groups in total. The first-order valence-corrected chi connectivity index (χ1v) is 10.7. The minimum Gasteiger partial charge on any atom is -0.352 e. The molecule has 2 heterocycles. The monoisotopic (exact) mass is 411 g/mol. The minimum absolute atomic E-state index is 0.0877. The normalized spacial score (nSPS) is 15.2. The lowest BCUT2D eigenvalue weighted by molar-refractivity contribution is 0.0954. The van der Waals surface area contributed by atoms with Crippen LogP contribution in [0.2, 0.25) is 5.02 Å². The van der Waals surface area contributed by atoms with Crippen molar-refractivity contribution in [2.24, 2.45) is 0 Å². The standard InChI is InChI=1S/C17H22ClN5O3S/c1-2-22-12-20-21-16(22)7-8-19-17(24)14-11-13(5-6-15(14)18)27(25,26)23-9-3-4-10-23/h5-6,11-12H,2-4,7-10H2,1H3,(H,19,24). The number of carbonyl (C=O) groups is 1. The van der Waals surface area contributed by atoms with Crippen LogP contribution in [-0.4, -0.2) is 53.0 Å². The Morgan fingerprint density at radius 1 is 1.30 bits per heavy atom. The number of aromatic nitrogens is 3. The van der Waals surface area contributed by atoms with E-state index in [4.69, 9.17) is 11.6 Å². The van der Waals surface area contributed by atoms with Crippen molar-refractivity contribution < 1.29 is 13.2 Å². The second kappa shape index (κ2) is 8.37. The molecule has 1 aromatic carbocycles. The van der Waals surface area contributed by atoms with E-state index in [1.807, 2.05) is 11.5 Å². The smallest absolute Gasteiger partial charge is 0.252 e. The summed E-state index contributed by atoms with van der Waals surface area (Å²) >= 11 is 6.13. The Morgan fingerprint density at radius 3 is 2.74 bits per heavy atom. The van der Waals surface area contributed by atoms with E-state index in [0.717, 1.165) is 25.2 Å². The predicted molar refractivity (Wildman–Crippen MR) is 101 cm³/mol. The van der Waals surface area contributed by atoms with Crippen LogP contribution < -0.4 is 5.32 Å². The van der Waals surface area contributed by atoms with Crippen molar-refractivity contribution in [1.82, 2.24) is 24.4 Å². The number of sulfonamides is 1. The van der Waals surface area contributed by atoms with Crippen molar-refractivity contribution in [3.05, 3.63) is 40.9 Å². The molecule has 0 atom stereocenters. The molecule has 1 aromatic heterocycles. The fourth-order valence-corrected chi connectivity index (χ4v) is 4.78. The molecule has 1 aliphatic rings. The summed E-state index contributed by atoms with van der Waals surface area (Å²) < 4.78 is 28.7. The lowest BCUT2D eigenvalue weighted by Gasteiger charge is -2.16. The number of hydrogen-bond acceptors (Lipinski definition) is 5. The Balaban J connectivity index is 1.71. The number of nitrogens with one attached hydrogen (secondary N) is 1. The van der Waals surface area contributed by atoms with Crippen LogP contribution in [0.4, 0.5) is 0 Å². The third kappa shape index (κ3) is 4.31. The fraction of sp³-hybridized carbons (Fsp3) is 0.471. The lowest BCUT2D eigenvalue weighted by Crippen LogP contribution is -2.29. The summed E-state index contributed by atoms with van der Waals surface area (Å²) in [5, 5.41) is 10.8. The van der Waals surface area contributed by atoms with Gasteiger partial charge < -0.3 is 9.88 Å². The molecule has 1 amide bonds. The molecule has 0 aliphatic carbocycles. The Morgan fingerprint density at radius 2 is 2.04 bits per heavy atom. The average molecular weight is 412 g/mol. The molecule has 1 fully saturated rings. The maximum atomic E-state index is 12.7. The van der Waals surface area contributed by atoms with Gasteiger partial charge in [-0.1, -0.05) is 11.6 Å². The molecule has 27 heavy (non-hydrogen) atoms. The average Bonchev–Trinajstić information content (AvgIpc) is 3.33. The molecule has 146 valence electrons. The van der Waals surface area contributed by atoms with Crippen molar-refractivity contribution in [2.75, 3.05) is 19.6 Å². The molecule has 0 unspecified atom stereocenters. The van der Waals surface area contributed by atoms with Crippen molar-refractivity contribution in [3.8, 4) is 0 Å². The Bertz CT molecular complexity index is 922. The zero-order valence-corrected chi connectivity index (χ0v) is 16.6. The van der Waals surface area contributed by atoms with Gasteiger partial charge in [-0.15, -0.1) is 10.2 Å². The number of halogens is 1. The van der Waals surface area contributed by atoms with Crippen LogP contribution in [-0.2, 0) is 23.0 Å². The van der Waals surface area contributed by atoms with E-state index in [1.165, 1.54) is 22.5 Å². The van der Waals surface area contributed by atoms with Gasteiger partial charge in [0.15, 0.2) is 0 Å². The predicted octanol–water partition coefficient (Wildman–Crippen LogP) is 1.71. The zero-order chi connectivity index (χ0) is 19.4. The number of carbonyl (C=O) groups excluding carboxylic acids is 1. The van der Waals surface area contributed by atoms with E-state index in [0.29, 0.717) is 26.1 Å². The van der Waals surface area contributed by atoms with Gasteiger partial charge in [0.1, 0.15) is 12.2 Å². The molecule has 0 radical (unpaired) electrons. The highest BCUT2D eigenvalue weighted by Gasteiger charge is 2.28. The maximum Gasteiger partial charge on any atom is 0.252 e. The molecule has 8 nitrogen and oxygen atoms in total. The van der Waals surface area contributed by atoms with Crippen LogP contribution in [0.25, 0.3) is 0 Å². The first-order chi connectivity index (χ1) is 12.9. The van der Waals surface area contributed by atoms with Gasteiger partial charge in [0.05, 0.1) is 15.5 Å². The van der Waals surface area contributed by atoms with E-state index in [2.05, 4.69) is 15.5 Å². The Hall–Kier alpha value is -1.97. The highest BCUT2D eigenvalue weighted by atomic mass is 35.5. The lowest BCUT2D eigenvalue weighted by atomic mass is 10.2. The summed E-state index contributed by atoms with van der Waals surface area (Å²) in [4.78, 5) is 12.6. The van der Waals surface area contributed by atoms with Gasteiger partial charge in [-0.2, -0.15) is 4.31 Å². The minimum atomic E-state index is -3.60. The van der Waals surface area contributed by atoms with Gasteiger partial charge >= 0.3 is 0 Å². The Kier molecular flexibility index (Phi) is 6.13. The molecule has 0 saturated carbocycles. The van der Waals surface area contributed by atoms with Crippen molar-refractivity contribution >= 4 is 27.5 Å². The summed E-state index contributed by atoms with van der Waals surface area (Å²) in [5.74, 6) is 0.357. The number of nitrogens with zero attached hydrogens (tertiary/aromatic N) is 4. The summed E-state index contributed by atoms with van der Waals surface area (Å²) in [6.45, 7) is 4.09. The van der Waals surface area contributed by atoms with Gasteiger partial charge in [-0.3, -0.25) is 4.79 Å². The molecule has 0 spiro atoms.